The van der Waals surface area contributed by atoms with Gasteiger partial charge in [0.2, 0.25) is 11.8 Å². The van der Waals surface area contributed by atoms with Gasteiger partial charge in [-0.3, -0.25) is 14.4 Å². The van der Waals surface area contributed by atoms with Crippen molar-refractivity contribution < 1.29 is 32.6 Å². The fraction of sp³-hybridized carbons (Fsp3) is 0.391. The first-order valence-corrected chi connectivity index (χ1v) is 10.6. The number of aromatic nitrogens is 1. The topological polar surface area (TPSA) is 107 Å². The predicted octanol–water partition coefficient (Wildman–Crippen LogP) is 3.26. The van der Waals surface area contributed by atoms with Crippen molar-refractivity contribution in [2.45, 2.75) is 50.6 Å². The summed E-state index contributed by atoms with van der Waals surface area (Å²) in [5, 5.41) is 5.75. The maximum atomic E-state index is 13.8. The minimum atomic E-state index is -0.690. The lowest BCUT2D eigenvalue weighted by Crippen LogP contribution is -2.44. The van der Waals surface area contributed by atoms with Gasteiger partial charge in [-0.15, -0.1) is 0 Å². The number of methoxy groups -OCH3 is 1. The molecule has 0 unspecified atom stereocenters. The molecule has 0 saturated heterocycles. The van der Waals surface area contributed by atoms with Gasteiger partial charge in [0.05, 0.1) is 19.7 Å². The van der Waals surface area contributed by atoms with Gasteiger partial charge in [0, 0.05) is 18.5 Å². The van der Waals surface area contributed by atoms with Gasteiger partial charge in [0.1, 0.15) is 22.9 Å². The number of benzene rings is 1. The number of halogens is 2. The van der Waals surface area contributed by atoms with Gasteiger partial charge in [0.15, 0.2) is 0 Å². The summed E-state index contributed by atoms with van der Waals surface area (Å²) in [6.07, 6.45) is 3.55. The van der Waals surface area contributed by atoms with Crippen LogP contribution >= 0.6 is 0 Å². The molecule has 1 aromatic heterocycles. The van der Waals surface area contributed by atoms with Crippen LogP contribution in [0.25, 0.3) is 0 Å². The minimum absolute atomic E-state index is 0.0255. The summed E-state index contributed by atoms with van der Waals surface area (Å²) in [5.74, 6) is -2.16. The molecule has 3 rings (SSSR count). The van der Waals surface area contributed by atoms with Crippen LogP contribution < -0.4 is 15.4 Å². The van der Waals surface area contributed by atoms with Crippen molar-refractivity contribution in [2.24, 2.45) is 0 Å². The molecular weight excluding hydrogens is 436 g/mol. The van der Waals surface area contributed by atoms with Gasteiger partial charge in [-0.2, -0.15) is 0 Å². The summed E-state index contributed by atoms with van der Waals surface area (Å²) >= 11 is 0. The van der Waals surface area contributed by atoms with E-state index in [1.54, 1.807) is 0 Å². The second kappa shape index (κ2) is 11.3. The van der Waals surface area contributed by atoms with Crippen molar-refractivity contribution in [3.8, 4) is 11.6 Å². The third kappa shape index (κ3) is 7.23. The number of pyridine rings is 1. The van der Waals surface area contributed by atoms with Crippen LogP contribution in [-0.2, 0) is 14.3 Å². The monoisotopic (exact) mass is 461 g/mol. The molecule has 1 aromatic carbocycles. The largest absolute Gasteiger partial charge is 0.469 e. The summed E-state index contributed by atoms with van der Waals surface area (Å²) in [6.45, 7) is 0. The maximum Gasteiger partial charge on any atom is 0.306 e. The van der Waals surface area contributed by atoms with Gasteiger partial charge in [-0.05, 0) is 56.0 Å². The SMILES string of the molecule is COC(=O)CCC(=O)NC1CCC(NC(=O)c2cc(F)cnc2Oc2ccc(F)cc2)CC1. The molecule has 0 radical (unpaired) electrons. The quantitative estimate of drug-likeness (QED) is 0.585. The summed E-state index contributed by atoms with van der Waals surface area (Å²) in [5.41, 5.74) is -0.0717. The molecule has 1 aliphatic carbocycles. The van der Waals surface area contributed by atoms with Gasteiger partial charge < -0.3 is 20.1 Å². The molecule has 176 valence electrons. The van der Waals surface area contributed by atoms with Crippen molar-refractivity contribution in [2.75, 3.05) is 7.11 Å². The van der Waals surface area contributed by atoms with Gasteiger partial charge in [0.25, 0.3) is 5.91 Å². The molecule has 33 heavy (non-hydrogen) atoms. The molecule has 2 N–H and O–H groups in total. The number of rotatable bonds is 8. The third-order valence-corrected chi connectivity index (χ3v) is 5.30. The Bertz CT molecular complexity index is 992. The van der Waals surface area contributed by atoms with E-state index in [-0.39, 0.29) is 48.0 Å². The average Bonchev–Trinajstić information content (AvgIpc) is 2.81. The number of amides is 2. The van der Waals surface area contributed by atoms with E-state index in [9.17, 15) is 23.2 Å². The summed E-state index contributed by atoms with van der Waals surface area (Å²) in [6, 6.07) is 5.98. The number of nitrogens with one attached hydrogen (secondary N) is 2. The molecule has 0 bridgehead atoms. The molecule has 10 heteroatoms. The number of hydrogen-bond donors (Lipinski definition) is 2. The molecule has 0 atom stereocenters. The highest BCUT2D eigenvalue weighted by molar-refractivity contribution is 5.96. The number of carbonyl (C=O) groups excluding carboxylic acids is 3. The van der Waals surface area contributed by atoms with Crippen LogP contribution in [0.15, 0.2) is 36.5 Å². The number of nitrogens with zero attached hydrogens (tertiary/aromatic N) is 1. The lowest BCUT2D eigenvalue weighted by Gasteiger charge is -2.29. The molecule has 1 fully saturated rings. The van der Waals surface area contributed by atoms with E-state index < -0.39 is 23.5 Å². The normalized spacial score (nSPS) is 17.7. The van der Waals surface area contributed by atoms with Crippen LogP contribution in [0.4, 0.5) is 8.78 Å². The second-order valence-corrected chi connectivity index (χ2v) is 7.73. The number of hydrogen-bond acceptors (Lipinski definition) is 6. The molecule has 0 aliphatic heterocycles. The van der Waals surface area contributed by atoms with Gasteiger partial charge >= 0.3 is 5.97 Å². The van der Waals surface area contributed by atoms with Crippen LogP contribution in [0.1, 0.15) is 48.9 Å². The molecule has 1 heterocycles. The van der Waals surface area contributed by atoms with Crippen molar-refractivity contribution in [1.29, 1.82) is 0 Å². The Labute approximate surface area is 189 Å². The lowest BCUT2D eigenvalue weighted by atomic mass is 9.91. The molecule has 1 saturated carbocycles. The van der Waals surface area contributed by atoms with Gasteiger partial charge in [-0.1, -0.05) is 0 Å². The molecule has 2 aromatic rings. The van der Waals surface area contributed by atoms with Crippen molar-refractivity contribution in [1.82, 2.24) is 15.6 Å². The zero-order chi connectivity index (χ0) is 23.8. The highest BCUT2D eigenvalue weighted by atomic mass is 19.1. The van der Waals surface area contributed by atoms with Crippen LogP contribution in [-0.4, -0.2) is 42.0 Å². The van der Waals surface area contributed by atoms with Crippen LogP contribution in [0.2, 0.25) is 0 Å². The Kier molecular flexibility index (Phi) is 8.28. The minimum Gasteiger partial charge on any atom is -0.469 e. The van der Waals surface area contributed by atoms with Crippen molar-refractivity contribution >= 4 is 17.8 Å². The van der Waals surface area contributed by atoms with Crippen molar-refractivity contribution in [3.05, 3.63) is 53.7 Å². The lowest BCUT2D eigenvalue weighted by molar-refractivity contribution is -0.142. The van der Waals surface area contributed by atoms with Crippen molar-refractivity contribution in [3.63, 3.8) is 0 Å². The first-order chi connectivity index (χ1) is 15.8. The Balaban J connectivity index is 1.53. The molecular formula is C23H25F2N3O5. The second-order valence-electron chi connectivity index (χ2n) is 7.73. The Hall–Kier alpha value is -3.56. The van der Waals surface area contributed by atoms with Crippen LogP contribution in [0, 0.1) is 11.6 Å². The zero-order valence-corrected chi connectivity index (χ0v) is 18.1. The standard InChI is InChI=1S/C23H25F2N3O5/c1-32-21(30)11-10-20(29)27-16-4-6-17(7-5-16)28-22(31)19-12-15(25)13-26-23(19)33-18-8-2-14(24)3-9-18/h2-3,8-9,12-13,16-17H,4-7,10-11H2,1H3,(H,27,29)(H,28,31). The first-order valence-electron chi connectivity index (χ1n) is 10.6. The molecule has 0 spiro atoms. The first kappa shape index (κ1) is 24.1. The van der Waals surface area contributed by atoms with E-state index in [1.807, 2.05) is 0 Å². The zero-order valence-electron chi connectivity index (χ0n) is 18.1. The Morgan fingerprint density at radius 3 is 2.24 bits per heavy atom. The smallest absolute Gasteiger partial charge is 0.306 e. The predicted molar refractivity (Wildman–Crippen MR) is 114 cm³/mol. The summed E-state index contributed by atoms with van der Waals surface area (Å²) in [7, 11) is 1.27. The highest BCUT2D eigenvalue weighted by Crippen LogP contribution is 2.25. The highest BCUT2D eigenvalue weighted by Gasteiger charge is 2.25. The third-order valence-electron chi connectivity index (χ3n) is 5.30. The summed E-state index contributed by atoms with van der Waals surface area (Å²) < 4.78 is 36.9. The van der Waals surface area contributed by atoms with E-state index in [1.165, 1.54) is 31.4 Å². The maximum absolute atomic E-state index is 13.8. The van der Waals surface area contributed by atoms with E-state index in [0.29, 0.717) is 25.7 Å². The van der Waals surface area contributed by atoms with E-state index >= 15 is 0 Å². The molecule has 2 amide bonds. The number of ether oxygens (including phenoxy) is 2. The molecule has 1 aliphatic rings. The average molecular weight is 461 g/mol. The van der Waals surface area contributed by atoms with Gasteiger partial charge in [-0.25, -0.2) is 13.8 Å². The summed E-state index contributed by atoms with van der Waals surface area (Å²) in [4.78, 5) is 39.7. The van der Waals surface area contributed by atoms with E-state index in [0.717, 1.165) is 12.3 Å². The van der Waals surface area contributed by atoms with E-state index in [4.69, 9.17) is 4.74 Å². The molecule has 8 nitrogen and oxygen atoms in total. The Morgan fingerprint density at radius 2 is 1.61 bits per heavy atom. The van der Waals surface area contributed by atoms with E-state index in [2.05, 4.69) is 20.4 Å². The number of carbonyl (C=O) groups is 3. The fourth-order valence-corrected chi connectivity index (χ4v) is 3.55. The Morgan fingerprint density at radius 1 is 0.970 bits per heavy atom. The fourth-order valence-electron chi connectivity index (χ4n) is 3.55. The number of esters is 1. The van der Waals surface area contributed by atoms with Crippen LogP contribution in [0.3, 0.4) is 0 Å². The van der Waals surface area contributed by atoms with Crippen LogP contribution in [0.5, 0.6) is 11.6 Å².